The molecule has 1 atom stereocenters. The number of aliphatic hydroxyl groups is 1. The Labute approximate surface area is 54.6 Å². The van der Waals surface area contributed by atoms with Gasteiger partial charge in [0.2, 0.25) is 0 Å². The van der Waals surface area contributed by atoms with E-state index in [4.69, 9.17) is 5.11 Å². The Morgan fingerprint density at radius 2 is 2.20 bits per heavy atom. The molecule has 0 radical (unpaired) electrons. The van der Waals surface area contributed by atoms with Gasteiger partial charge in [-0.3, -0.25) is 0 Å². The summed E-state index contributed by atoms with van der Waals surface area (Å²) < 4.78 is -0.113. The van der Waals surface area contributed by atoms with Crippen molar-refractivity contribution in [1.29, 1.82) is 0 Å². The summed E-state index contributed by atoms with van der Waals surface area (Å²) in [6.45, 7) is 0. The van der Waals surface area contributed by atoms with Gasteiger partial charge in [-0.25, -0.2) is 0 Å². The fourth-order valence-corrected chi connectivity index (χ4v) is 0. The molecule has 0 aromatic heterocycles. The summed E-state index contributed by atoms with van der Waals surface area (Å²) in [4.78, 5) is 0. The number of thiol groups is 1. The average Bonchev–Trinajstić information content (AvgIpc) is 1.38. The van der Waals surface area contributed by atoms with Gasteiger partial charge in [0.05, 0.1) is 0 Å². The number of rotatable bonds is 1. The van der Waals surface area contributed by atoms with Crippen molar-refractivity contribution in [1.82, 2.24) is 0 Å². The van der Waals surface area contributed by atoms with E-state index in [0.717, 1.165) is 27.9 Å². The maximum absolute atomic E-state index is 8.35. The predicted molar refractivity (Wildman–Crippen MR) is 25.6 cm³/mol. The van der Waals surface area contributed by atoms with Gasteiger partial charge < -0.3 is 0 Å². The van der Waals surface area contributed by atoms with Crippen LogP contribution in [0, 0.1) is 0 Å². The van der Waals surface area contributed by atoms with Crippen LogP contribution in [0.4, 0.5) is 0 Å². The SMILES string of the molecule is O[CH]([Na])CS. The third kappa shape index (κ3) is 5.31. The van der Waals surface area contributed by atoms with Crippen molar-refractivity contribution in [3.63, 3.8) is 0 Å². The zero-order chi connectivity index (χ0) is 4.28. The van der Waals surface area contributed by atoms with Gasteiger partial charge in [0.1, 0.15) is 0 Å². The first-order chi connectivity index (χ1) is 2.27. The van der Waals surface area contributed by atoms with E-state index in [0.29, 0.717) is 5.75 Å². The summed E-state index contributed by atoms with van der Waals surface area (Å²) in [5.41, 5.74) is 0. The Morgan fingerprint density at radius 1 is 2.00 bits per heavy atom. The molecule has 1 nitrogen and oxygen atoms in total. The summed E-state index contributed by atoms with van der Waals surface area (Å²) in [6.07, 6.45) is 0. The van der Waals surface area contributed by atoms with E-state index in [2.05, 4.69) is 12.6 Å². The monoisotopic (exact) mass is 100.0 g/mol. The average molecular weight is 100 g/mol. The van der Waals surface area contributed by atoms with Crippen molar-refractivity contribution in [3.05, 3.63) is 0 Å². The van der Waals surface area contributed by atoms with Crippen LogP contribution >= 0.6 is 12.6 Å². The van der Waals surface area contributed by atoms with Crippen molar-refractivity contribution in [3.8, 4) is 0 Å². The topological polar surface area (TPSA) is 20.2 Å². The zero-order valence-corrected chi connectivity index (χ0v) is 6.07. The van der Waals surface area contributed by atoms with Gasteiger partial charge in [-0.2, -0.15) is 0 Å². The Hall–Kier alpha value is 1.31. The molecule has 0 bridgehead atoms. The summed E-state index contributed by atoms with van der Waals surface area (Å²) in [7, 11) is 0. The third-order valence-electron chi connectivity index (χ3n) is 0.264. The fraction of sp³-hybridized carbons (Fsp3) is 1.00. The molecule has 0 aromatic carbocycles. The van der Waals surface area contributed by atoms with Crippen molar-refractivity contribution in [2.45, 2.75) is 3.35 Å². The van der Waals surface area contributed by atoms with Crippen LogP contribution in [0.15, 0.2) is 0 Å². The molecule has 0 aliphatic carbocycles. The molecule has 1 unspecified atom stereocenters. The fourth-order valence-electron chi connectivity index (χ4n) is 0. The van der Waals surface area contributed by atoms with Gasteiger partial charge in [0.15, 0.2) is 0 Å². The second kappa shape index (κ2) is 3.50. The normalized spacial score (nSPS) is 15.2. The van der Waals surface area contributed by atoms with Gasteiger partial charge in [-0.1, -0.05) is 0 Å². The molecule has 0 fully saturated rings. The zero-order valence-electron chi connectivity index (χ0n) is 3.18. The molecule has 0 aromatic rings. The van der Waals surface area contributed by atoms with Crippen LogP contribution in [0.1, 0.15) is 0 Å². The van der Waals surface area contributed by atoms with E-state index in [9.17, 15) is 0 Å². The molecule has 0 heterocycles. The van der Waals surface area contributed by atoms with E-state index in [1.54, 1.807) is 0 Å². The van der Waals surface area contributed by atoms with E-state index in [-0.39, 0.29) is 3.35 Å². The van der Waals surface area contributed by atoms with Crippen LogP contribution in [-0.4, -0.2) is 42.1 Å². The van der Waals surface area contributed by atoms with Crippen LogP contribution < -0.4 is 0 Å². The summed E-state index contributed by atoms with van der Waals surface area (Å²) in [5.74, 6) is 0.617. The van der Waals surface area contributed by atoms with Crippen LogP contribution in [0.2, 0.25) is 0 Å². The first-order valence-electron chi connectivity index (χ1n) is 1.56. The molecule has 0 saturated heterocycles. The second-order valence-corrected chi connectivity index (χ2v) is 2.73. The molecule has 1 N–H and O–H groups in total. The van der Waals surface area contributed by atoms with Crippen LogP contribution in [0.25, 0.3) is 0 Å². The minimum atomic E-state index is -0.113. The van der Waals surface area contributed by atoms with Gasteiger partial charge in [-0.15, -0.1) is 0 Å². The van der Waals surface area contributed by atoms with E-state index in [1.165, 1.54) is 0 Å². The molecule has 0 aliphatic rings. The summed E-state index contributed by atoms with van der Waals surface area (Å²) in [6, 6.07) is 0. The van der Waals surface area contributed by atoms with Crippen molar-refractivity contribution in [2.24, 2.45) is 0 Å². The van der Waals surface area contributed by atoms with E-state index < -0.39 is 0 Å². The number of aliphatic hydroxyl groups excluding tert-OH is 1. The molecule has 0 spiro atoms. The van der Waals surface area contributed by atoms with Crippen LogP contribution in [0.3, 0.4) is 0 Å². The molecule has 0 aliphatic heterocycles. The van der Waals surface area contributed by atoms with Gasteiger partial charge in [0.25, 0.3) is 0 Å². The molecular weight excluding hydrogens is 95.1 g/mol. The van der Waals surface area contributed by atoms with E-state index >= 15 is 0 Å². The molecule has 0 rings (SSSR count). The molecular formula is C2H5NaOS. The Kier molecular flexibility index (Phi) is 4.41. The number of hydrogen-bond donors (Lipinski definition) is 2. The molecule has 0 amide bonds. The Morgan fingerprint density at radius 3 is 2.20 bits per heavy atom. The maximum atomic E-state index is 8.35. The van der Waals surface area contributed by atoms with Crippen molar-refractivity contribution >= 4 is 40.6 Å². The summed E-state index contributed by atoms with van der Waals surface area (Å²) >= 11 is 4.65. The standard InChI is InChI=1S/C2H5OS.Na/c3-1-2-4;/h1,3-4H,2H2;. The van der Waals surface area contributed by atoms with Gasteiger partial charge >= 0.3 is 54.8 Å². The van der Waals surface area contributed by atoms with Gasteiger partial charge in [-0.05, 0) is 0 Å². The van der Waals surface area contributed by atoms with Crippen LogP contribution in [-0.2, 0) is 0 Å². The predicted octanol–water partition coefficient (Wildman–Crippen LogP) is -0.597. The van der Waals surface area contributed by atoms with Gasteiger partial charge in [0, 0.05) is 0 Å². The van der Waals surface area contributed by atoms with Crippen molar-refractivity contribution < 1.29 is 5.11 Å². The molecule has 5 heavy (non-hydrogen) atoms. The third-order valence-corrected chi connectivity index (χ3v) is 1.89. The van der Waals surface area contributed by atoms with Crippen LogP contribution in [0.5, 0.6) is 0 Å². The first-order valence-corrected chi connectivity index (χ1v) is 3.35. The first kappa shape index (κ1) is 6.31. The Bertz CT molecular complexity index is 23.6. The molecule has 26 valence electrons. The second-order valence-electron chi connectivity index (χ2n) is 1.03. The quantitative estimate of drug-likeness (QED) is 0.333. The Balaban J connectivity index is 2.54. The molecule has 0 saturated carbocycles. The number of hydrogen-bond acceptors (Lipinski definition) is 2. The minimum absolute atomic E-state index is 0.113. The van der Waals surface area contributed by atoms with Crippen molar-refractivity contribution in [2.75, 3.05) is 5.75 Å². The summed E-state index contributed by atoms with van der Waals surface area (Å²) in [5, 5.41) is 8.35. The molecule has 3 heteroatoms. The van der Waals surface area contributed by atoms with E-state index in [1.807, 2.05) is 0 Å².